The zero-order valence-corrected chi connectivity index (χ0v) is 12.3. The Bertz CT molecular complexity index is 306. The van der Waals surface area contributed by atoms with Crippen LogP contribution >= 0.6 is 0 Å². The second-order valence-corrected chi connectivity index (χ2v) is 5.01. The Morgan fingerprint density at radius 3 is 2.61 bits per heavy atom. The van der Waals surface area contributed by atoms with Crippen LogP contribution in [0, 0.1) is 0 Å². The van der Waals surface area contributed by atoms with Gasteiger partial charge < -0.3 is 9.73 Å². The molecule has 2 heteroatoms. The number of aryl methyl sites for hydroxylation is 1. The number of rotatable bonds is 10. The summed E-state index contributed by atoms with van der Waals surface area (Å²) in [5.41, 5.74) is 1.38. The van der Waals surface area contributed by atoms with Gasteiger partial charge in [0.15, 0.2) is 0 Å². The molecule has 104 valence electrons. The summed E-state index contributed by atoms with van der Waals surface area (Å²) in [6.07, 6.45) is 10.6. The average molecular weight is 251 g/mol. The van der Waals surface area contributed by atoms with Crippen molar-refractivity contribution in [1.29, 1.82) is 0 Å². The SMILES string of the molecule is CCCCCCC(NCCC)c1ccoc1CC. The molecule has 2 nitrogen and oxygen atoms in total. The molecule has 0 bridgehead atoms. The van der Waals surface area contributed by atoms with Crippen LogP contribution in [0.5, 0.6) is 0 Å². The van der Waals surface area contributed by atoms with Gasteiger partial charge in [-0.3, -0.25) is 0 Å². The van der Waals surface area contributed by atoms with Crippen LogP contribution in [-0.2, 0) is 6.42 Å². The van der Waals surface area contributed by atoms with Gasteiger partial charge in [-0.1, -0.05) is 46.5 Å². The first-order valence-corrected chi connectivity index (χ1v) is 7.63. The molecule has 1 unspecified atom stereocenters. The van der Waals surface area contributed by atoms with Gasteiger partial charge in [0.1, 0.15) is 5.76 Å². The largest absolute Gasteiger partial charge is 0.469 e. The normalized spacial score (nSPS) is 12.8. The van der Waals surface area contributed by atoms with E-state index in [9.17, 15) is 0 Å². The Balaban J connectivity index is 2.54. The second-order valence-electron chi connectivity index (χ2n) is 5.01. The van der Waals surface area contributed by atoms with Crippen LogP contribution in [0.4, 0.5) is 0 Å². The number of furan rings is 1. The molecule has 1 heterocycles. The van der Waals surface area contributed by atoms with E-state index in [0.717, 1.165) is 18.7 Å². The van der Waals surface area contributed by atoms with E-state index in [1.807, 2.05) is 6.26 Å². The lowest BCUT2D eigenvalue weighted by Gasteiger charge is -2.18. The minimum absolute atomic E-state index is 0.482. The number of hydrogen-bond acceptors (Lipinski definition) is 2. The lowest BCUT2D eigenvalue weighted by molar-refractivity contribution is 0.450. The van der Waals surface area contributed by atoms with Crippen LogP contribution in [0.3, 0.4) is 0 Å². The molecular weight excluding hydrogens is 222 g/mol. The van der Waals surface area contributed by atoms with Crippen molar-refractivity contribution in [3.63, 3.8) is 0 Å². The summed E-state index contributed by atoms with van der Waals surface area (Å²) in [5.74, 6) is 1.15. The molecule has 0 aliphatic carbocycles. The predicted octanol–water partition coefficient (Wildman–Crippen LogP) is 4.85. The Hall–Kier alpha value is -0.760. The van der Waals surface area contributed by atoms with E-state index in [1.165, 1.54) is 44.1 Å². The fraction of sp³-hybridized carbons (Fsp3) is 0.750. The van der Waals surface area contributed by atoms with Crippen molar-refractivity contribution in [3.8, 4) is 0 Å². The predicted molar refractivity (Wildman–Crippen MR) is 77.9 cm³/mol. The van der Waals surface area contributed by atoms with Crippen molar-refractivity contribution >= 4 is 0 Å². The molecule has 0 spiro atoms. The summed E-state index contributed by atoms with van der Waals surface area (Å²) in [6, 6.07) is 2.63. The van der Waals surface area contributed by atoms with Gasteiger partial charge in [-0.25, -0.2) is 0 Å². The average Bonchev–Trinajstić information content (AvgIpc) is 2.86. The van der Waals surface area contributed by atoms with Gasteiger partial charge in [0, 0.05) is 18.0 Å². The lowest BCUT2D eigenvalue weighted by atomic mass is 9.99. The maximum atomic E-state index is 5.56. The summed E-state index contributed by atoms with van der Waals surface area (Å²) in [4.78, 5) is 0. The third-order valence-electron chi connectivity index (χ3n) is 3.46. The first kappa shape index (κ1) is 15.3. The molecule has 1 atom stereocenters. The van der Waals surface area contributed by atoms with E-state index in [0.29, 0.717) is 6.04 Å². The molecule has 1 N–H and O–H groups in total. The highest BCUT2D eigenvalue weighted by molar-refractivity contribution is 5.21. The van der Waals surface area contributed by atoms with Crippen molar-refractivity contribution < 1.29 is 4.42 Å². The first-order valence-electron chi connectivity index (χ1n) is 7.63. The van der Waals surface area contributed by atoms with Crippen LogP contribution in [0.25, 0.3) is 0 Å². The number of unbranched alkanes of at least 4 members (excludes halogenated alkanes) is 3. The van der Waals surface area contributed by atoms with Gasteiger partial charge in [-0.05, 0) is 25.5 Å². The van der Waals surface area contributed by atoms with Crippen LogP contribution in [0.15, 0.2) is 16.7 Å². The Morgan fingerprint density at radius 1 is 1.11 bits per heavy atom. The van der Waals surface area contributed by atoms with Gasteiger partial charge in [0.05, 0.1) is 6.26 Å². The van der Waals surface area contributed by atoms with Crippen molar-refractivity contribution in [3.05, 3.63) is 23.7 Å². The molecule has 0 aromatic carbocycles. The van der Waals surface area contributed by atoms with Gasteiger partial charge in [0.2, 0.25) is 0 Å². The second kappa shape index (κ2) is 9.21. The quantitative estimate of drug-likeness (QED) is 0.601. The van der Waals surface area contributed by atoms with E-state index in [-0.39, 0.29) is 0 Å². The zero-order valence-electron chi connectivity index (χ0n) is 12.3. The summed E-state index contributed by atoms with van der Waals surface area (Å²) in [7, 11) is 0. The minimum Gasteiger partial charge on any atom is -0.469 e. The Labute approximate surface area is 112 Å². The fourth-order valence-corrected chi connectivity index (χ4v) is 2.41. The summed E-state index contributed by atoms with van der Waals surface area (Å²) < 4.78 is 5.56. The van der Waals surface area contributed by atoms with Crippen LogP contribution in [0.1, 0.15) is 76.7 Å². The van der Waals surface area contributed by atoms with Crippen LogP contribution in [-0.4, -0.2) is 6.54 Å². The fourth-order valence-electron chi connectivity index (χ4n) is 2.41. The lowest BCUT2D eigenvalue weighted by Crippen LogP contribution is -2.22. The summed E-state index contributed by atoms with van der Waals surface area (Å²) >= 11 is 0. The molecule has 18 heavy (non-hydrogen) atoms. The van der Waals surface area contributed by atoms with Crippen molar-refractivity contribution in [2.24, 2.45) is 0 Å². The van der Waals surface area contributed by atoms with Crippen molar-refractivity contribution in [2.75, 3.05) is 6.54 Å². The molecule has 0 aliphatic heterocycles. The van der Waals surface area contributed by atoms with Crippen LogP contribution < -0.4 is 5.32 Å². The molecule has 0 aliphatic rings. The number of nitrogens with one attached hydrogen (secondary N) is 1. The van der Waals surface area contributed by atoms with Gasteiger partial charge in [-0.2, -0.15) is 0 Å². The molecule has 1 aromatic rings. The molecule has 1 rings (SSSR count). The molecule has 0 radical (unpaired) electrons. The van der Waals surface area contributed by atoms with E-state index in [4.69, 9.17) is 4.42 Å². The van der Waals surface area contributed by atoms with Crippen LogP contribution in [0.2, 0.25) is 0 Å². The standard InChI is InChI=1S/C16H29NO/c1-4-7-8-9-10-15(17-12-5-2)14-11-13-18-16(14)6-3/h11,13,15,17H,4-10,12H2,1-3H3. The van der Waals surface area contributed by atoms with Crippen molar-refractivity contribution in [2.45, 2.75) is 71.8 Å². The molecule has 0 saturated heterocycles. The Kier molecular flexibility index (Phi) is 7.83. The topological polar surface area (TPSA) is 25.2 Å². The van der Waals surface area contributed by atoms with E-state index >= 15 is 0 Å². The Morgan fingerprint density at radius 2 is 1.94 bits per heavy atom. The van der Waals surface area contributed by atoms with E-state index < -0.39 is 0 Å². The molecule has 0 amide bonds. The minimum atomic E-state index is 0.482. The monoisotopic (exact) mass is 251 g/mol. The highest BCUT2D eigenvalue weighted by Crippen LogP contribution is 2.25. The van der Waals surface area contributed by atoms with E-state index in [1.54, 1.807) is 0 Å². The third kappa shape index (κ3) is 4.85. The molecule has 0 fully saturated rings. The highest BCUT2D eigenvalue weighted by Gasteiger charge is 2.15. The van der Waals surface area contributed by atoms with Crippen molar-refractivity contribution in [1.82, 2.24) is 5.32 Å². The first-order chi connectivity index (χ1) is 8.83. The number of hydrogen-bond donors (Lipinski definition) is 1. The zero-order chi connectivity index (χ0) is 13.2. The molecule has 1 aromatic heterocycles. The maximum absolute atomic E-state index is 5.56. The third-order valence-corrected chi connectivity index (χ3v) is 3.46. The van der Waals surface area contributed by atoms with Gasteiger partial charge >= 0.3 is 0 Å². The highest BCUT2D eigenvalue weighted by atomic mass is 16.3. The molecular formula is C16H29NO. The maximum Gasteiger partial charge on any atom is 0.108 e. The van der Waals surface area contributed by atoms with Gasteiger partial charge in [-0.15, -0.1) is 0 Å². The summed E-state index contributed by atoms with van der Waals surface area (Å²) in [6.45, 7) is 7.73. The van der Waals surface area contributed by atoms with E-state index in [2.05, 4.69) is 32.2 Å². The van der Waals surface area contributed by atoms with Gasteiger partial charge in [0.25, 0.3) is 0 Å². The summed E-state index contributed by atoms with van der Waals surface area (Å²) in [5, 5.41) is 3.66. The molecule has 0 saturated carbocycles. The smallest absolute Gasteiger partial charge is 0.108 e.